The lowest BCUT2D eigenvalue weighted by atomic mass is 9.44. The molecule has 7 nitrogen and oxygen atoms in total. The Kier molecular flexibility index (Phi) is 11.1. The van der Waals surface area contributed by atoms with Crippen molar-refractivity contribution in [3.63, 3.8) is 0 Å². The molecule has 4 unspecified atom stereocenters. The van der Waals surface area contributed by atoms with Crippen molar-refractivity contribution in [2.24, 2.45) is 45.7 Å². The van der Waals surface area contributed by atoms with Gasteiger partial charge >= 0.3 is 5.97 Å². The van der Waals surface area contributed by atoms with E-state index in [-0.39, 0.29) is 64.9 Å². The Morgan fingerprint density at radius 2 is 1.90 bits per heavy atom. The van der Waals surface area contributed by atoms with E-state index in [1.54, 1.807) is 0 Å². The van der Waals surface area contributed by atoms with Crippen LogP contribution >= 0.6 is 24.2 Å². The van der Waals surface area contributed by atoms with Crippen LogP contribution in [-0.2, 0) is 19.1 Å². The highest BCUT2D eigenvalue weighted by Crippen LogP contribution is 2.68. The zero-order valence-electron chi connectivity index (χ0n) is 25.7. The number of hydrogen-bond donors (Lipinski definition) is 3. The summed E-state index contributed by atoms with van der Waals surface area (Å²) in [5, 5.41) is 14.6. The molecule has 0 spiro atoms. The summed E-state index contributed by atoms with van der Waals surface area (Å²) in [6.07, 6.45) is 4.17. The summed E-state index contributed by atoms with van der Waals surface area (Å²) < 4.78 is 5.92. The molecule has 9 heteroatoms. The van der Waals surface area contributed by atoms with Gasteiger partial charge in [0.2, 0.25) is 5.91 Å². The molecular formula is C31H53ClN2O5S. The van der Waals surface area contributed by atoms with Crippen molar-refractivity contribution < 1.29 is 24.2 Å². The fraction of sp³-hybridized carbons (Fsp3) is 0.839. The second-order valence-electron chi connectivity index (χ2n) is 14.1. The van der Waals surface area contributed by atoms with E-state index in [2.05, 4.69) is 32.7 Å². The SMILES string of the molecule is C=CC1(C)C[C@@H](OC(=O)CSC(C)(C)CNC(=O)C(N)C(C)C)C2(C)[C@H](C)CC[C@]3(CCC(=O)[C@@H]23)C(C)[C@@H]1O.Cl. The summed E-state index contributed by atoms with van der Waals surface area (Å²) in [7, 11) is 0. The molecule has 0 aromatic rings. The van der Waals surface area contributed by atoms with Gasteiger partial charge in [0.25, 0.3) is 0 Å². The Morgan fingerprint density at radius 1 is 1.27 bits per heavy atom. The third kappa shape index (κ3) is 6.30. The second kappa shape index (κ2) is 12.6. The minimum atomic E-state index is -0.684. The van der Waals surface area contributed by atoms with Gasteiger partial charge in [0.05, 0.1) is 17.9 Å². The summed E-state index contributed by atoms with van der Waals surface area (Å²) in [6.45, 7) is 20.7. The number of ether oxygens (including phenoxy) is 1. The minimum Gasteiger partial charge on any atom is -0.461 e. The largest absolute Gasteiger partial charge is 0.461 e. The van der Waals surface area contributed by atoms with Crippen LogP contribution < -0.4 is 11.1 Å². The molecule has 3 fully saturated rings. The number of Topliss-reactive ketones (excluding diaryl/α,β-unsaturated/α-hetero) is 1. The predicted octanol–water partition coefficient (Wildman–Crippen LogP) is 4.93. The van der Waals surface area contributed by atoms with Crippen LogP contribution in [-0.4, -0.2) is 58.1 Å². The number of carbonyl (C=O) groups is 3. The number of amides is 1. The van der Waals surface area contributed by atoms with E-state index in [4.69, 9.17) is 10.5 Å². The molecule has 0 aromatic heterocycles. The van der Waals surface area contributed by atoms with Gasteiger partial charge in [-0.15, -0.1) is 30.7 Å². The Morgan fingerprint density at radius 3 is 2.48 bits per heavy atom. The molecule has 2 bridgehead atoms. The number of rotatable bonds is 9. The van der Waals surface area contributed by atoms with Gasteiger partial charge in [-0.1, -0.05) is 47.6 Å². The molecule has 230 valence electrons. The first kappa shape index (κ1) is 35.1. The third-order valence-electron chi connectivity index (χ3n) is 10.9. The molecule has 0 radical (unpaired) electrons. The maximum atomic E-state index is 13.5. The van der Waals surface area contributed by atoms with Crippen LogP contribution in [0, 0.1) is 39.9 Å². The predicted molar refractivity (Wildman–Crippen MR) is 164 cm³/mol. The molecule has 9 atom stereocenters. The normalized spacial score (nSPS) is 38.4. The second-order valence-corrected chi connectivity index (χ2v) is 15.8. The van der Waals surface area contributed by atoms with Crippen molar-refractivity contribution in [3.8, 4) is 0 Å². The van der Waals surface area contributed by atoms with Crippen molar-refractivity contribution >= 4 is 41.8 Å². The van der Waals surface area contributed by atoms with Crippen molar-refractivity contribution in [2.45, 2.75) is 110 Å². The first-order chi connectivity index (χ1) is 17.9. The monoisotopic (exact) mass is 600 g/mol. The number of aliphatic hydroxyl groups is 1. The summed E-state index contributed by atoms with van der Waals surface area (Å²) >= 11 is 1.43. The zero-order chi connectivity index (χ0) is 29.6. The Hall–Kier alpha value is -1.09. The van der Waals surface area contributed by atoms with E-state index in [9.17, 15) is 19.5 Å². The quantitative estimate of drug-likeness (QED) is 0.254. The minimum absolute atomic E-state index is 0. The highest BCUT2D eigenvalue weighted by molar-refractivity contribution is 8.01. The van der Waals surface area contributed by atoms with Crippen LogP contribution in [0.1, 0.15) is 87.5 Å². The number of nitrogens with one attached hydrogen (secondary N) is 1. The molecule has 40 heavy (non-hydrogen) atoms. The van der Waals surface area contributed by atoms with E-state index in [0.717, 1.165) is 19.3 Å². The van der Waals surface area contributed by atoms with Gasteiger partial charge < -0.3 is 20.9 Å². The van der Waals surface area contributed by atoms with Gasteiger partial charge in [0, 0.05) is 34.5 Å². The first-order valence-corrected chi connectivity index (χ1v) is 15.6. The van der Waals surface area contributed by atoms with Gasteiger partial charge in [-0.3, -0.25) is 14.4 Å². The first-order valence-electron chi connectivity index (χ1n) is 14.7. The van der Waals surface area contributed by atoms with E-state index < -0.39 is 33.8 Å². The highest BCUT2D eigenvalue weighted by atomic mass is 35.5. The summed E-state index contributed by atoms with van der Waals surface area (Å²) in [6, 6.07) is -0.573. The molecule has 3 saturated carbocycles. The number of aliphatic hydroxyl groups excluding tert-OH is 1. The summed E-state index contributed by atoms with van der Waals surface area (Å²) in [5.41, 5.74) is 4.49. The smallest absolute Gasteiger partial charge is 0.316 e. The van der Waals surface area contributed by atoms with Gasteiger partial charge in [0.15, 0.2) is 0 Å². The van der Waals surface area contributed by atoms with Crippen molar-refractivity contribution in [2.75, 3.05) is 12.3 Å². The number of hydrogen-bond acceptors (Lipinski definition) is 7. The average molecular weight is 601 g/mol. The number of halogens is 1. The van der Waals surface area contributed by atoms with Gasteiger partial charge in [0.1, 0.15) is 11.9 Å². The fourth-order valence-electron chi connectivity index (χ4n) is 7.72. The molecule has 0 heterocycles. The average Bonchev–Trinajstić information content (AvgIpc) is 3.24. The van der Waals surface area contributed by atoms with E-state index in [1.807, 2.05) is 40.7 Å². The van der Waals surface area contributed by atoms with Crippen molar-refractivity contribution in [1.82, 2.24) is 5.32 Å². The van der Waals surface area contributed by atoms with Crippen LogP contribution in [0.15, 0.2) is 12.7 Å². The lowest BCUT2D eigenvalue weighted by Gasteiger charge is -2.61. The molecule has 3 aliphatic carbocycles. The molecule has 3 rings (SSSR count). The van der Waals surface area contributed by atoms with Crippen LogP contribution in [0.3, 0.4) is 0 Å². The van der Waals surface area contributed by atoms with Crippen LogP contribution in [0.5, 0.6) is 0 Å². The Bertz CT molecular complexity index is 975. The molecule has 1 amide bonds. The third-order valence-corrected chi connectivity index (χ3v) is 12.2. The van der Waals surface area contributed by atoms with Gasteiger partial charge in [-0.2, -0.15) is 0 Å². The maximum absolute atomic E-state index is 13.5. The summed E-state index contributed by atoms with van der Waals surface area (Å²) in [4.78, 5) is 39.2. The van der Waals surface area contributed by atoms with Crippen molar-refractivity contribution in [3.05, 3.63) is 12.7 Å². The van der Waals surface area contributed by atoms with Gasteiger partial charge in [-0.05, 0) is 62.7 Å². The molecule has 0 aliphatic heterocycles. The van der Waals surface area contributed by atoms with Crippen molar-refractivity contribution in [1.29, 1.82) is 0 Å². The van der Waals surface area contributed by atoms with E-state index in [0.29, 0.717) is 19.4 Å². The Balaban J connectivity index is 0.00000560. The molecule has 0 saturated heterocycles. The number of esters is 1. The number of nitrogens with two attached hydrogens (primary N) is 1. The highest BCUT2D eigenvalue weighted by Gasteiger charge is 2.68. The fourth-order valence-corrected chi connectivity index (χ4v) is 8.47. The van der Waals surface area contributed by atoms with Crippen LogP contribution in [0.25, 0.3) is 0 Å². The zero-order valence-corrected chi connectivity index (χ0v) is 27.4. The Labute approximate surface area is 252 Å². The van der Waals surface area contributed by atoms with Gasteiger partial charge in [-0.25, -0.2) is 0 Å². The standard InChI is InChI=1S/C31H52N2O5S.ClH/c1-10-29(8)15-22(38-23(35)16-39-28(6,7)17-33-27(37)24(32)18(2)3)30(9)19(4)11-13-31(20(5)26(29)36)14-12-21(34)25(30)31;/h10,18-20,22,24-26,36H,1,11-17,32H2,2-9H3,(H,33,37);1H/t19-,20?,22-,24?,25+,26+,29?,30?,31+;/m1./s1. The lowest BCUT2D eigenvalue weighted by molar-refractivity contribution is -0.205. The van der Waals surface area contributed by atoms with Crippen LogP contribution in [0.2, 0.25) is 0 Å². The lowest BCUT2D eigenvalue weighted by Crippen LogP contribution is -2.63. The summed E-state index contributed by atoms with van der Waals surface area (Å²) in [5.74, 6) is -0.243. The molecule has 3 aliphatic rings. The molecular weight excluding hydrogens is 548 g/mol. The van der Waals surface area contributed by atoms with Crippen LogP contribution in [0.4, 0.5) is 0 Å². The molecule has 4 N–H and O–H groups in total. The topological polar surface area (TPSA) is 119 Å². The van der Waals surface area contributed by atoms with E-state index >= 15 is 0 Å². The maximum Gasteiger partial charge on any atom is 0.316 e. The van der Waals surface area contributed by atoms with E-state index in [1.165, 1.54) is 11.8 Å². The molecule has 0 aromatic carbocycles. The number of ketones is 1. The number of carbonyl (C=O) groups excluding carboxylic acids is 3. The number of thioether (sulfide) groups is 1.